The molecule has 2 aromatic heterocycles. The van der Waals surface area contributed by atoms with Crippen molar-refractivity contribution in [3.05, 3.63) is 27.4 Å². The highest BCUT2D eigenvalue weighted by Gasteiger charge is 2.03. The molecular formula is C12H15ClN4S2. The largest absolute Gasteiger partial charge is 0.373 e. The molecule has 102 valence electrons. The number of thiophene rings is 1. The van der Waals surface area contributed by atoms with E-state index in [0.29, 0.717) is 0 Å². The number of rotatable bonds is 6. The van der Waals surface area contributed by atoms with Crippen LogP contribution >= 0.6 is 34.7 Å². The van der Waals surface area contributed by atoms with Gasteiger partial charge < -0.3 is 10.6 Å². The van der Waals surface area contributed by atoms with E-state index in [1.165, 1.54) is 16.6 Å². The van der Waals surface area contributed by atoms with Gasteiger partial charge in [-0.1, -0.05) is 23.4 Å². The average molecular weight is 315 g/mol. The highest BCUT2D eigenvalue weighted by molar-refractivity contribution is 7.98. The molecule has 0 amide bonds. The van der Waals surface area contributed by atoms with Crippen molar-refractivity contribution >= 4 is 46.3 Å². The Morgan fingerprint density at radius 3 is 2.74 bits per heavy atom. The lowest BCUT2D eigenvalue weighted by molar-refractivity contribution is 0.947. The van der Waals surface area contributed by atoms with Crippen LogP contribution in [0.2, 0.25) is 4.34 Å². The van der Waals surface area contributed by atoms with Crippen molar-refractivity contribution in [2.45, 2.75) is 11.6 Å². The first kappa shape index (κ1) is 14.4. The van der Waals surface area contributed by atoms with Crippen molar-refractivity contribution in [1.82, 2.24) is 9.97 Å². The fourth-order valence-corrected chi connectivity index (χ4v) is 3.00. The van der Waals surface area contributed by atoms with E-state index in [9.17, 15) is 0 Å². The highest BCUT2D eigenvalue weighted by atomic mass is 35.5. The van der Waals surface area contributed by atoms with Crippen LogP contribution in [0.5, 0.6) is 0 Å². The Balaban J connectivity index is 1.95. The van der Waals surface area contributed by atoms with Gasteiger partial charge >= 0.3 is 0 Å². The molecule has 0 aliphatic carbocycles. The summed E-state index contributed by atoms with van der Waals surface area (Å²) in [5.74, 6) is 1.66. The molecule has 0 aromatic carbocycles. The number of hydrogen-bond donors (Lipinski definition) is 2. The van der Waals surface area contributed by atoms with Crippen LogP contribution in [0.1, 0.15) is 4.88 Å². The summed E-state index contributed by atoms with van der Waals surface area (Å²) in [6.45, 7) is 0.824. The summed E-state index contributed by atoms with van der Waals surface area (Å²) in [6.07, 6.45) is 2.90. The minimum absolute atomic E-state index is 0.758. The van der Waals surface area contributed by atoms with Crippen molar-refractivity contribution in [2.24, 2.45) is 0 Å². The zero-order valence-electron chi connectivity index (χ0n) is 10.7. The van der Waals surface area contributed by atoms with E-state index in [0.717, 1.165) is 34.1 Å². The zero-order valence-corrected chi connectivity index (χ0v) is 13.1. The molecule has 19 heavy (non-hydrogen) atoms. The second-order valence-electron chi connectivity index (χ2n) is 3.76. The third-order valence-electron chi connectivity index (χ3n) is 2.45. The number of aromatic nitrogens is 2. The lowest BCUT2D eigenvalue weighted by Crippen LogP contribution is -2.07. The Morgan fingerprint density at radius 2 is 2.11 bits per heavy atom. The molecule has 0 atom stereocenters. The third kappa shape index (κ3) is 4.26. The van der Waals surface area contributed by atoms with Crippen LogP contribution in [0.15, 0.2) is 23.4 Å². The third-order valence-corrected chi connectivity index (χ3v) is 4.29. The van der Waals surface area contributed by atoms with Gasteiger partial charge in [0, 0.05) is 24.5 Å². The van der Waals surface area contributed by atoms with E-state index in [-0.39, 0.29) is 0 Å². The molecule has 0 spiro atoms. The molecule has 2 aromatic rings. The van der Waals surface area contributed by atoms with Gasteiger partial charge in [-0.05, 0) is 24.8 Å². The lowest BCUT2D eigenvalue weighted by Gasteiger charge is -2.08. The van der Waals surface area contributed by atoms with Crippen LogP contribution in [-0.2, 0) is 6.42 Å². The van der Waals surface area contributed by atoms with E-state index in [2.05, 4.69) is 26.7 Å². The van der Waals surface area contributed by atoms with Crippen LogP contribution in [0.25, 0.3) is 0 Å². The fraction of sp³-hybridized carbons (Fsp3) is 0.333. The Kier molecular flexibility index (Phi) is 5.30. The topological polar surface area (TPSA) is 49.8 Å². The van der Waals surface area contributed by atoms with Gasteiger partial charge in [0.05, 0.1) is 4.34 Å². The van der Waals surface area contributed by atoms with Gasteiger partial charge in [0.1, 0.15) is 11.6 Å². The van der Waals surface area contributed by atoms with E-state index >= 15 is 0 Å². The summed E-state index contributed by atoms with van der Waals surface area (Å²) in [5, 5.41) is 7.10. The maximum atomic E-state index is 5.90. The van der Waals surface area contributed by atoms with E-state index in [1.54, 1.807) is 11.3 Å². The number of anilines is 2. The first-order valence-corrected chi connectivity index (χ1v) is 8.22. The Hall–Kier alpha value is -0.980. The van der Waals surface area contributed by atoms with Gasteiger partial charge in [-0.3, -0.25) is 0 Å². The van der Waals surface area contributed by atoms with Gasteiger partial charge in [-0.2, -0.15) is 0 Å². The quantitative estimate of drug-likeness (QED) is 0.630. The number of nitrogens with one attached hydrogen (secondary N) is 2. The summed E-state index contributed by atoms with van der Waals surface area (Å²) >= 11 is 9.04. The van der Waals surface area contributed by atoms with Crippen LogP contribution in [0.4, 0.5) is 11.6 Å². The molecule has 0 aliphatic rings. The second kappa shape index (κ2) is 6.98. The second-order valence-corrected chi connectivity index (χ2v) is 6.33. The Labute approximate surface area is 126 Å². The van der Waals surface area contributed by atoms with Crippen molar-refractivity contribution in [3.63, 3.8) is 0 Å². The maximum absolute atomic E-state index is 5.90. The van der Waals surface area contributed by atoms with Crippen molar-refractivity contribution < 1.29 is 0 Å². The molecule has 7 heteroatoms. The van der Waals surface area contributed by atoms with Crippen LogP contribution in [0, 0.1) is 0 Å². The van der Waals surface area contributed by atoms with Crippen molar-refractivity contribution in [1.29, 1.82) is 0 Å². The summed E-state index contributed by atoms with van der Waals surface area (Å²) in [6, 6.07) is 5.89. The summed E-state index contributed by atoms with van der Waals surface area (Å²) in [7, 11) is 1.85. The fourth-order valence-electron chi connectivity index (χ4n) is 1.53. The normalized spacial score (nSPS) is 10.5. The number of halogens is 1. The molecule has 0 bridgehead atoms. The van der Waals surface area contributed by atoms with E-state index in [4.69, 9.17) is 11.6 Å². The first-order valence-electron chi connectivity index (χ1n) is 5.80. The van der Waals surface area contributed by atoms with Crippen LogP contribution in [0.3, 0.4) is 0 Å². The van der Waals surface area contributed by atoms with Crippen molar-refractivity contribution in [2.75, 3.05) is 30.5 Å². The average Bonchev–Trinajstić information content (AvgIpc) is 2.84. The Bertz CT molecular complexity index is 522. The molecule has 0 fully saturated rings. The summed E-state index contributed by atoms with van der Waals surface area (Å²) in [4.78, 5) is 10.0. The standard InChI is InChI=1S/C12H15ClN4S2/c1-14-10-7-11(17-12(16-10)18-2)15-6-5-8-3-4-9(13)19-8/h3-4,7H,5-6H2,1-2H3,(H2,14,15,16,17). The first-order chi connectivity index (χ1) is 9.21. The predicted octanol–water partition coefficient (Wildman–Crippen LogP) is 3.61. The molecule has 0 saturated heterocycles. The number of thioether (sulfide) groups is 1. The minimum Gasteiger partial charge on any atom is -0.373 e. The molecule has 2 N–H and O–H groups in total. The summed E-state index contributed by atoms with van der Waals surface area (Å²) in [5.41, 5.74) is 0. The molecule has 0 radical (unpaired) electrons. The minimum atomic E-state index is 0.758. The van der Waals surface area contributed by atoms with E-state index < -0.39 is 0 Å². The molecular weight excluding hydrogens is 300 g/mol. The van der Waals surface area contributed by atoms with E-state index in [1.807, 2.05) is 25.4 Å². The molecule has 0 unspecified atom stereocenters. The van der Waals surface area contributed by atoms with Gasteiger partial charge in [-0.25, -0.2) is 9.97 Å². The van der Waals surface area contributed by atoms with Crippen molar-refractivity contribution in [3.8, 4) is 0 Å². The molecule has 2 rings (SSSR count). The van der Waals surface area contributed by atoms with Crippen LogP contribution in [-0.4, -0.2) is 29.8 Å². The van der Waals surface area contributed by atoms with Gasteiger partial charge in [-0.15, -0.1) is 11.3 Å². The van der Waals surface area contributed by atoms with Gasteiger partial charge in [0.2, 0.25) is 0 Å². The van der Waals surface area contributed by atoms with Gasteiger partial charge in [0.25, 0.3) is 0 Å². The lowest BCUT2D eigenvalue weighted by atomic mass is 10.3. The SMILES string of the molecule is CNc1cc(NCCc2ccc(Cl)s2)nc(SC)n1. The summed E-state index contributed by atoms with van der Waals surface area (Å²) < 4.78 is 0.833. The maximum Gasteiger partial charge on any atom is 0.191 e. The molecule has 2 heterocycles. The smallest absolute Gasteiger partial charge is 0.191 e. The monoisotopic (exact) mass is 314 g/mol. The van der Waals surface area contributed by atoms with Crippen LogP contribution < -0.4 is 10.6 Å². The zero-order chi connectivity index (χ0) is 13.7. The van der Waals surface area contributed by atoms with Gasteiger partial charge in [0.15, 0.2) is 5.16 Å². The highest BCUT2D eigenvalue weighted by Crippen LogP contribution is 2.22. The predicted molar refractivity (Wildman–Crippen MR) is 84.9 cm³/mol. The molecule has 4 nitrogen and oxygen atoms in total. The molecule has 0 aliphatic heterocycles. The number of nitrogens with zero attached hydrogens (tertiary/aromatic N) is 2. The molecule has 0 saturated carbocycles. The Morgan fingerprint density at radius 1 is 1.32 bits per heavy atom. The number of hydrogen-bond acceptors (Lipinski definition) is 6.